The Bertz CT molecular complexity index is 669. The zero-order valence-corrected chi connectivity index (χ0v) is 12.1. The van der Waals surface area contributed by atoms with Crippen molar-refractivity contribution in [3.63, 3.8) is 0 Å². The molecule has 1 aliphatic rings. The molecule has 0 saturated carbocycles. The van der Waals surface area contributed by atoms with Crippen LogP contribution in [-0.4, -0.2) is 23.7 Å². The Morgan fingerprint density at radius 3 is 3.15 bits per heavy atom. The molecule has 104 valence electrons. The van der Waals surface area contributed by atoms with Gasteiger partial charge >= 0.3 is 0 Å². The molecule has 2 heterocycles. The fourth-order valence-corrected chi connectivity index (χ4v) is 2.79. The van der Waals surface area contributed by atoms with Crippen LogP contribution in [0.15, 0.2) is 30.3 Å². The second-order valence-corrected chi connectivity index (χ2v) is 5.21. The van der Waals surface area contributed by atoms with Crippen LogP contribution in [0, 0.1) is 4.64 Å². The highest BCUT2D eigenvalue weighted by Crippen LogP contribution is 2.36. The first kappa shape index (κ1) is 13.3. The van der Waals surface area contributed by atoms with Gasteiger partial charge in [0.2, 0.25) is 0 Å². The van der Waals surface area contributed by atoms with Crippen LogP contribution in [0.1, 0.15) is 29.4 Å². The van der Waals surface area contributed by atoms with Gasteiger partial charge in [-0.25, -0.2) is 4.98 Å². The van der Waals surface area contributed by atoms with E-state index >= 15 is 0 Å². The molecule has 0 amide bonds. The SMILES string of the molecule is COCc1cc(=S)nc(C2CCOc3ccccc32)[nH]1. The van der Waals surface area contributed by atoms with E-state index in [4.69, 9.17) is 21.7 Å². The molecule has 0 radical (unpaired) electrons. The standard InChI is InChI=1S/C15H16N2O2S/c1-18-9-10-8-14(20)17-15(16-10)12-6-7-19-13-5-3-2-4-11(12)13/h2-5,8,12H,6-7,9H2,1H3,(H,16,17,20). The molecule has 1 unspecified atom stereocenters. The van der Waals surface area contributed by atoms with Crippen molar-refractivity contribution in [1.29, 1.82) is 0 Å². The molecule has 1 atom stereocenters. The van der Waals surface area contributed by atoms with E-state index in [1.54, 1.807) is 7.11 Å². The summed E-state index contributed by atoms with van der Waals surface area (Å²) in [6, 6.07) is 9.93. The minimum absolute atomic E-state index is 0.193. The maximum absolute atomic E-state index is 5.69. The Labute approximate surface area is 122 Å². The number of H-pyrrole nitrogens is 1. The van der Waals surface area contributed by atoms with Crippen LogP contribution in [-0.2, 0) is 11.3 Å². The number of hydrogen-bond donors (Lipinski definition) is 1. The summed E-state index contributed by atoms with van der Waals surface area (Å²) in [5, 5.41) is 0. The van der Waals surface area contributed by atoms with Crippen LogP contribution < -0.4 is 4.74 Å². The van der Waals surface area contributed by atoms with E-state index in [1.165, 1.54) is 0 Å². The fraction of sp³-hybridized carbons (Fsp3) is 0.333. The van der Waals surface area contributed by atoms with E-state index in [0.29, 0.717) is 17.9 Å². The summed E-state index contributed by atoms with van der Waals surface area (Å²) in [5.74, 6) is 2.01. The lowest BCUT2D eigenvalue weighted by Gasteiger charge is -2.25. The smallest absolute Gasteiger partial charge is 0.130 e. The zero-order chi connectivity index (χ0) is 13.9. The number of fused-ring (bicyclic) bond motifs is 1. The first-order valence-corrected chi connectivity index (χ1v) is 6.99. The number of benzene rings is 1. The Kier molecular flexibility index (Phi) is 3.80. The molecule has 0 bridgehead atoms. The minimum Gasteiger partial charge on any atom is -0.493 e. The van der Waals surface area contributed by atoms with Gasteiger partial charge in [-0.05, 0) is 18.6 Å². The number of rotatable bonds is 3. The van der Waals surface area contributed by atoms with Crippen molar-refractivity contribution in [1.82, 2.24) is 9.97 Å². The molecule has 2 aromatic rings. The number of nitrogens with one attached hydrogen (secondary N) is 1. The predicted molar refractivity (Wildman–Crippen MR) is 78.5 cm³/mol. The van der Waals surface area contributed by atoms with Gasteiger partial charge in [0.05, 0.1) is 13.2 Å². The molecule has 3 rings (SSSR count). The lowest BCUT2D eigenvalue weighted by molar-refractivity contribution is 0.181. The van der Waals surface area contributed by atoms with Crippen molar-refractivity contribution in [3.05, 3.63) is 52.1 Å². The Morgan fingerprint density at radius 2 is 2.30 bits per heavy atom. The molecule has 4 nitrogen and oxygen atoms in total. The van der Waals surface area contributed by atoms with Gasteiger partial charge < -0.3 is 14.5 Å². The molecule has 1 N–H and O–H groups in total. The molecule has 1 aromatic heterocycles. The predicted octanol–water partition coefficient (Wildman–Crippen LogP) is 3.20. The van der Waals surface area contributed by atoms with Crippen molar-refractivity contribution < 1.29 is 9.47 Å². The molecule has 20 heavy (non-hydrogen) atoms. The van der Waals surface area contributed by atoms with Crippen molar-refractivity contribution in [2.45, 2.75) is 18.9 Å². The molecule has 0 spiro atoms. The van der Waals surface area contributed by atoms with Crippen molar-refractivity contribution in [2.75, 3.05) is 13.7 Å². The fourth-order valence-electron chi connectivity index (χ4n) is 2.55. The zero-order valence-electron chi connectivity index (χ0n) is 11.3. The summed E-state index contributed by atoms with van der Waals surface area (Å²) < 4.78 is 11.4. The first-order valence-electron chi connectivity index (χ1n) is 6.58. The lowest BCUT2D eigenvalue weighted by Crippen LogP contribution is -2.17. The average Bonchev–Trinajstić information content (AvgIpc) is 2.46. The largest absolute Gasteiger partial charge is 0.493 e. The molecular formula is C15H16N2O2S. The first-order chi connectivity index (χ1) is 9.78. The maximum Gasteiger partial charge on any atom is 0.130 e. The quantitative estimate of drug-likeness (QED) is 0.881. The second kappa shape index (κ2) is 5.73. The van der Waals surface area contributed by atoms with Crippen LogP contribution in [0.2, 0.25) is 0 Å². The maximum atomic E-state index is 5.69. The summed E-state index contributed by atoms with van der Waals surface area (Å²) in [7, 11) is 1.67. The number of methoxy groups -OCH3 is 1. The third-order valence-corrected chi connectivity index (χ3v) is 3.61. The summed E-state index contributed by atoms with van der Waals surface area (Å²) in [4.78, 5) is 7.83. The van der Waals surface area contributed by atoms with E-state index in [1.807, 2.05) is 24.3 Å². The van der Waals surface area contributed by atoms with E-state index in [2.05, 4.69) is 16.0 Å². The Morgan fingerprint density at radius 1 is 1.45 bits per heavy atom. The number of ether oxygens (including phenoxy) is 2. The monoisotopic (exact) mass is 288 g/mol. The van der Waals surface area contributed by atoms with Crippen LogP contribution in [0.25, 0.3) is 0 Å². The van der Waals surface area contributed by atoms with Gasteiger partial charge in [0.25, 0.3) is 0 Å². The molecule has 5 heteroatoms. The van der Waals surface area contributed by atoms with Crippen molar-refractivity contribution in [3.8, 4) is 5.75 Å². The summed E-state index contributed by atoms with van der Waals surface area (Å²) in [6.45, 7) is 1.20. The van der Waals surface area contributed by atoms with Gasteiger partial charge in [-0.15, -0.1) is 0 Å². The van der Waals surface area contributed by atoms with Gasteiger partial charge in [-0.1, -0.05) is 30.4 Å². The number of para-hydroxylation sites is 1. The van der Waals surface area contributed by atoms with E-state index in [-0.39, 0.29) is 5.92 Å². The number of aromatic amines is 1. The molecule has 0 aliphatic carbocycles. The van der Waals surface area contributed by atoms with Gasteiger partial charge in [-0.3, -0.25) is 0 Å². The van der Waals surface area contributed by atoms with Gasteiger partial charge in [0, 0.05) is 24.3 Å². The molecule has 1 aromatic carbocycles. The van der Waals surface area contributed by atoms with Crippen LogP contribution in [0.3, 0.4) is 0 Å². The highest BCUT2D eigenvalue weighted by Gasteiger charge is 2.24. The minimum atomic E-state index is 0.193. The Hall–Kier alpha value is -1.72. The molecular weight excluding hydrogens is 272 g/mol. The highest BCUT2D eigenvalue weighted by molar-refractivity contribution is 7.71. The van der Waals surface area contributed by atoms with Gasteiger partial charge in [0.15, 0.2) is 0 Å². The second-order valence-electron chi connectivity index (χ2n) is 4.79. The van der Waals surface area contributed by atoms with E-state index in [0.717, 1.165) is 29.3 Å². The molecule has 0 saturated heterocycles. The highest BCUT2D eigenvalue weighted by atomic mass is 32.1. The van der Waals surface area contributed by atoms with Crippen molar-refractivity contribution in [2.24, 2.45) is 0 Å². The van der Waals surface area contributed by atoms with Gasteiger partial charge in [0.1, 0.15) is 16.2 Å². The lowest BCUT2D eigenvalue weighted by atomic mass is 9.92. The molecule has 1 aliphatic heterocycles. The normalized spacial score (nSPS) is 17.4. The number of nitrogens with zero attached hydrogens (tertiary/aromatic N) is 1. The summed E-state index contributed by atoms with van der Waals surface area (Å²) >= 11 is 5.25. The third kappa shape index (κ3) is 2.59. The van der Waals surface area contributed by atoms with E-state index < -0.39 is 0 Å². The number of aromatic nitrogens is 2. The topological polar surface area (TPSA) is 47.1 Å². The summed E-state index contributed by atoms with van der Waals surface area (Å²) in [5.41, 5.74) is 2.11. The Balaban J connectivity index is 2.04. The van der Waals surface area contributed by atoms with Gasteiger partial charge in [-0.2, -0.15) is 0 Å². The number of hydrogen-bond acceptors (Lipinski definition) is 4. The van der Waals surface area contributed by atoms with Crippen LogP contribution in [0.5, 0.6) is 5.75 Å². The summed E-state index contributed by atoms with van der Waals surface area (Å²) in [6.07, 6.45) is 0.895. The molecule has 0 fully saturated rings. The van der Waals surface area contributed by atoms with E-state index in [9.17, 15) is 0 Å². The van der Waals surface area contributed by atoms with Crippen LogP contribution >= 0.6 is 12.2 Å². The van der Waals surface area contributed by atoms with Crippen LogP contribution in [0.4, 0.5) is 0 Å². The van der Waals surface area contributed by atoms with Crippen molar-refractivity contribution >= 4 is 12.2 Å². The average molecular weight is 288 g/mol. The third-order valence-electron chi connectivity index (χ3n) is 3.41.